The van der Waals surface area contributed by atoms with Crippen LogP contribution in [0.5, 0.6) is 0 Å². The van der Waals surface area contributed by atoms with Gasteiger partial charge in [0, 0.05) is 11.8 Å². The van der Waals surface area contributed by atoms with Gasteiger partial charge in [0.25, 0.3) is 0 Å². The van der Waals surface area contributed by atoms with Crippen LogP contribution in [-0.2, 0) is 4.79 Å². The number of nitrogens with zero attached hydrogens (tertiary/aromatic N) is 1. The summed E-state index contributed by atoms with van der Waals surface area (Å²) in [6, 6.07) is 0. The molecular weight excluding hydrogens is 148 g/mol. The average molecular weight is 156 g/mol. The van der Waals surface area contributed by atoms with Crippen LogP contribution in [0.3, 0.4) is 0 Å². The summed E-state index contributed by atoms with van der Waals surface area (Å²) in [5.41, 5.74) is 0.493. The Balaban J connectivity index is 2.56. The first-order valence-corrected chi connectivity index (χ1v) is 3.08. The molecule has 60 valence electrons. The summed E-state index contributed by atoms with van der Waals surface area (Å²) >= 11 is 0. The highest BCUT2D eigenvalue weighted by Crippen LogP contribution is 2.13. The van der Waals surface area contributed by atoms with E-state index in [0.29, 0.717) is 5.56 Å². The molecule has 0 radical (unpaired) electrons. The van der Waals surface area contributed by atoms with Gasteiger partial charge in [-0.2, -0.15) is 5.10 Å². The van der Waals surface area contributed by atoms with Crippen molar-refractivity contribution in [1.82, 2.24) is 10.2 Å². The second-order valence-corrected chi connectivity index (χ2v) is 2.15. The van der Waals surface area contributed by atoms with Crippen molar-refractivity contribution in [2.24, 2.45) is 0 Å². The second kappa shape index (κ2) is 3.16. The molecule has 0 saturated heterocycles. The van der Waals surface area contributed by atoms with Crippen LogP contribution in [0.2, 0.25) is 0 Å². The van der Waals surface area contributed by atoms with Gasteiger partial charge in [-0.1, -0.05) is 0 Å². The van der Waals surface area contributed by atoms with E-state index in [1.54, 1.807) is 0 Å². The van der Waals surface area contributed by atoms with Crippen molar-refractivity contribution in [3.63, 3.8) is 0 Å². The third kappa shape index (κ3) is 2.05. The number of H-pyrrole nitrogens is 1. The lowest BCUT2D eigenvalue weighted by Gasteiger charge is -2.02. The van der Waals surface area contributed by atoms with Crippen LogP contribution in [0.15, 0.2) is 12.4 Å². The Bertz CT molecular complexity index is 232. The molecule has 1 atom stereocenters. The largest absolute Gasteiger partial charge is 0.481 e. The molecule has 0 saturated carbocycles. The van der Waals surface area contributed by atoms with Crippen LogP contribution in [0, 0.1) is 0 Å². The van der Waals surface area contributed by atoms with Crippen LogP contribution in [0.25, 0.3) is 0 Å². The molecule has 0 aliphatic rings. The van der Waals surface area contributed by atoms with Crippen molar-refractivity contribution >= 4 is 5.97 Å². The first-order chi connectivity index (χ1) is 5.20. The minimum atomic E-state index is -1.03. The standard InChI is InChI=1S/C6H8N2O3/c9-5(1-6(10)11)4-2-7-8-3-4/h2-3,5,9H,1H2,(H,7,8)(H,10,11)/t5-/m1/s1. The van der Waals surface area contributed by atoms with E-state index in [-0.39, 0.29) is 6.42 Å². The molecule has 1 aromatic heterocycles. The van der Waals surface area contributed by atoms with E-state index < -0.39 is 12.1 Å². The highest BCUT2D eigenvalue weighted by atomic mass is 16.4. The first-order valence-electron chi connectivity index (χ1n) is 3.08. The monoisotopic (exact) mass is 156 g/mol. The third-order valence-electron chi connectivity index (χ3n) is 1.27. The van der Waals surface area contributed by atoms with Crippen molar-refractivity contribution in [3.8, 4) is 0 Å². The predicted molar refractivity (Wildman–Crippen MR) is 35.8 cm³/mol. The number of aromatic amines is 1. The van der Waals surface area contributed by atoms with Crippen LogP contribution < -0.4 is 0 Å². The van der Waals surface area contributed by atoms with Gasteiger partial charge in [-0.05, 0) is 0 Å². The molecule has 1 aromatic rings. The normalized spacial score (nSPS) is 12.8. The molecule has 0 bridgehead atoms. The fourth-order valence-corrected chi connectivity index (χ4v) is 0.726. The van der Waals surface area contributed by atoms with Crippen molar-refractivity contribution in [2.45, 2.75) is 12.5 Å². The van der Waals surface area contributed by atoms with Crippen molar-refractivity contribution < 1.29 is 15.0 Å². The van der Waals surface area contributed by atoms with Gasteiger partial charge < -0.3 is 10.2 Å². The number of hydrogen-bond donors (Lipinski definition) is 3. The molecule has 5 heteroatoms. The Morgan fingerprint density at radius 2 is 2.55 bits per heavy atom. The number of carboxylic acids is 1. The van der Waals surface area contributed by atoms with Gasteiger partial charge >= 0.3 is 5.97 Å². The summed E-state index contributed by atoms with van der Waals surface area (Å²) in [5, 5.41) is 23.5. The average Bonchev–Trinajstić information content (AvgIpc) is 2.35. The first kappa shape index (κ1) is 7.74. The molecule has 11 heavy (non-hydrogen) atoms. The smallest absolute Gasteiger partial charge is 0.306 e. The number of aliphatic hydroxyl groups is 1. The van der Waals surface area contributed by atoms with Gasteiger partial charge in [0.2, 0.25) is 0 Å². The SMILES string of the molecule is O=C(O)C[C@@H](O)c1cn[nH]c1. The summed E-state index contributed by atoms with van der Waals surface area (Å²) in [4.78, 5) is 10.1. The number of hydrogen-bond acceptors (Lipinski definition) is 3. The van der Waals surface area contributed by atoms with E-state index in [0.717, 1.165) is 0 Å². The Labute approximate surface area is 62.7 Å². The maximum atomic E-state index is 10.1. The topological polar surface area (TPSA) is 86.2 Å². The molecule has 3 N–H and O–H groups in total. The minimum Gasteiger partial charge on any atom is -0.481 e. The second-order valence-electron chi connectivity index (χ2n) is 2.15. The quantitative estimate of drug-likeness (QED) is 0.571. The summed E-state index contributed by atoms with van der Waals surface area (Å²) in [5.74, 6) is -1.03. The van der Waals surface area contributed by atoms with Gasteiger partial charge in [-0.3, -0.25) is 9.89 Å². The van der Waals surface area contributed by atoms with Gasteiger partial charge in [-0.15, -0.1) is 0 Å². The number of carboxylic acid groups (broad SMARTS) is 1. The highest BCUT2D eigenvalue weighted by molar-refractivity contribution is 5.67. The van der Waals surface area contributed by atoms with Crippen molar-refractivity contribution in [3.05, 3.63) is 18.0 Å². The number of aliphatic carboxylic acids is 1. The lowest BCUT2D eigenvalue weighted by molar-refractivity contribution is -0.139. The number of aliphatic hydroxyl groups excluding tert-OH is 1. The predicted octanol–water partition coefficient (Wildman–Crippen LogP) is -0.0822. The molecule has 0 amide bonds. The molecule has 0 aliphatic carbocycles. The Hall–Kier alpha value is -1.36. The van der Waals surface area contributed by atoms with E-state index in [9.17, 15) is 4.79 Å². The zero-order valence-electron chi connectivity index (χ0n) is 5.69. The lowest BCUT2D eigenvalue weighted by atomic mass is 10.1. The molecule has 1 rings (SSSR count). The molecule has 0 unspecified atom stereocenters. The van der Waals surface area contributed by atoms with Crippen LogP contribution in [0.1, 0.15) is 18.1 Å². The molecule has 1 heterocycles. The van der Waals surface area contributed by atoms with Gasteiger partial charge in [0.15, 0.2) is 0 Å². The van der Waals surface area contributed by atoms with E-state index >= 15 is 0 Å². The maximum absolute atomic E-state index is 10.1. The molecular formula is C6H8N2O3. The molecule has 5 nitrogen and oxygen atoms in total. The molecule has 0 aliphatic heterocycles. The van der Waals surface area contributed by atoms with Gasteiger partial charge in [-0.25, -0.2) is 0 Å². The number of aromatic nitrogens is 2. The van der Waals surface area contributed by atoms with Gasteiger partial charge in [0.1, 0.15) is 0 Å². The Kier molecular flexibility index (Phi) is 2.22. The van der Waals surface area contributed by atoms with E-state index in [1.807, 2.05) is 0 Å². The molecule has 0 fully saturated rings. The van der Waals surface area contributed by atoms with E-state index in [1.165, 1.54) is 12.4 Å². The maximum Gasteiger partial charge on any atom is 0.306 e. The Morgan fingerprint density at radius 3 is 3.00 bits per heavy atom. The summed E-state index contributed by atoms with van der Waals surface area (Å²) in [6.45, 7) is 0. The number of nitrogens with one attached hydrogen (secondary N) is 1. The molecule has 0 aromatic carbocycles. The van der Waals surface area contributed by atoms with Crippen LogP contribution in [-0.4, -0.2) is 26.4 Å². The van der Waals surface area contributed by atoms with Gasteiger partial charge in [0.05, 0.1) is 18.7 Å². The lowest BCUT2D eigenvalue weighted by Crippen LogP contribution is -2.04. The van der Waals surface area contributed by atoms with E-state index in [2.05, 4.69) is 10.2 Å². The number of carbonyl (C=O) groups is 1. The minimum absolute atomic E-state index is 0.292. The zero-order chi connectivity index (χ0) is 8.27. The van der Waals surface area contributed by atoms with Crippen LogP contribution in [0.4, 0.5) is 0 Å². The van der Waals surface area contributed by atoms with E-state index in [4.69, 9.17) is 10.2 Å². The van der Waals surface area contributed by atoms with Crippen molar-refractivity contribution in [1.29, 1.82) is 0 Å². The number of rotatable bonds is 3. The fourth-order valence-electron chi connectivity index (χ4n) is 0.726. The fraction of sp³-hybridized carbons (Fsp3) is 0.333. The summed E-state index contributed by atoms with van der Waals surface area (Å²) in [7, 11) is 0. The highest BCUT2D eigenvalue weighted by Gasteiger charge is 2.11. The molecule has 0 spiro atoms. The van der Waals surface area contributed by atoms with Crippen LogP contribution >= 0.6 is 0 Å². The Morgan fingerprint density at radius 1 is 1.82 bits per heavy atom. The summed E-state index contributed by atoms with van der Waals surface area (Å²) < 4.78 is 0. The zero-order valence-corrected chi connectivity index (χ0v) is 5.69. The third-order valence-corrected chi connectivity index (χ3v) is 1.27. The van der Waals surface area contributed by atoms with Crippen molar-refractivity contribution in [2.75, 3.05) is 0 Å². The summed E-state index contributed by atoms with van der Waals surface area (Å²) in [6.07, 6.45) is 1.60.